The number of carbonyl (C=O) groups excluding carboxylic acids is 1. The second kappa shape index (κ2) is 7.10. The summed E-state index contributed by atoms with van der Waals surface area (Å²) in [6.45, 7) is 1.17. The molecule has 0 atom stereocenters. The molecule has 0 saturated heterocycles. The van der Waals surface area contributed by atoms with Crippen molar-refractivity contribution < 1.29 is 18.0 Å². The van der Waals surface area contributed by atoms with Crippen LogP contribution >= 0.6 is 11.3 Å². The summed E-state index contributed by atoms with van der Waals surface area (Å²) in [6, 6.07) is 4.93. The molecule has 0 radical (unpaired) electrons. The van der Waals surface area contributed by atoms with Gasteiger partial charge < -0.3 is 10.2 Å². The molecule has 0 bridgehead atoms. The van der Waals surface area contributed by atoms with Crippen LogP contribution in [0.3, 0.4) is 0 Å². The highest BCUT2D eigenvalue weighted by Crippen LogP contribution is 2.33. The molecule has 0 aliphatic rings. The van der Waals surface area contributed by atoms with E-state index >= 15 is 0 Å². The quantitative estimate of drug-likeness (QED) is 0.907. The number of hydrogen-bond donors (Lipinski definition) is 1. The number of nitrogens with zero attached hydrogens (tertiary/aromatic N) is 2. The minimum Gasteiger partial charge on any atom is -0.339 e. The number of hydrogen-bond acceptors (Lipinski definition) is 4. The number of halogens is 3. The minimum atomic E-state index is -4.40. The first-order chi connectivity index (χ1) is 10.8. The summed E-state index contributed by atoms with van der Waals surface area (Å²) in [5, 5.41) is 4.89. The Hall–Kier alpha value is -1.93. The van der Waals surface area contributed by atoms with Crippen molar-refractivity contribution in [2.45, 2.75) is 6.18 Å². The van der Waals surface area contributed by atoms with Crippen LogP contribution in [0.15, 0.2) is 29.6 Å². The Morgan fingerprint density at radius 2 is 2.13 bits per heavy atom. The van der Waals surface area contributed by atoms with Crippen LogP contribution in [-0.2, 0) is 6.18 Å². The molecule has 1 amide bonds. The normalized spacial score (nSPS) is 11.5. The van der Waals surface area contributed by atoms with Gasteiger partial charge in [0.25, 0.3) is 5.91 Å². The van der Waals surface area contributed by atoms with Crippen LogP contribution in [0.2, 0.25) is 0 Å². The molecule has 8 heteroatoms. The lowest BCUT2D eigenvalue weighted by molar-refractivity contribution is -0.137. The third-order valence-corrected chi connectivity index (χ3v) is 4.10. The van der Waals surface area contributed by atoms with E-state index in [1.165, 1.54) is 11.0 Å². The van der Waals surface area contributed by atoms with Gasteiger partial charge in [-0.05, 0) is 19.2 Å². The van der Waals surface area contributed by atoms with Crippen LogP contribution in [0.1, 0.15) is 16.1 Å². The first-order valence-electron chi connectivity index (χ1n) is 6.86. The fourth-order valence-corrected chi connectivity index (χ4v) is 2.70. The van der Waals surface area contributed by atoms with Gasteiger partial charge in [0.2, 0.25) is 0 Å². The van der Waals surface area contributed by atoms with E-state index < -0.39 is 11.7 Å². The summed E-state index contributed by atoms with van der Waals surface area (Å²) in [6.07, 6.45) is -4.40. The molecule has 2 rings (SSSR count). The molecule has 1 aromatic heterocycles. The van der Waals surface area contributed by atoms with Crippen LogP contribution in [-0.4, -0.2) is 43.0 Å². The molecule has 0 fully saturated rings. The van der Waals surface area contributed by atoms with Crippen LogP contribution in [0.4, 0.5) is 13.2 Å². The first-order valence-corrected chi connectivity index (χ1v) is 7.74. The van der Waals surface area contributed by atoms with Crippen molar-refractivity contribution >= 4 is 17.2 Å². The van der Waals surface area contributed by atoms with Crippen LogP contribution < -0.4 is 5.32 Å². The molecule has 0 aliphatic carbocycles. The van der Waals surface area contributed by atoms with Crippen molar-refractivity contribution in [3.05, 3.63) is 40.9 Å². The summed E-state index contributed by atoms with van der Waals surface area (Å²) in [5.41, 5.74) is -0.146. The predicted molar refractivity (Wildman–Crippen MR) is 83.4 cm³/mol. The van der Waals surface area contributed by atoms with E-state index in [4.69, 9.17) is 0 Å². The zero-order valence-electron chi connectivity index (χ0n) is 12.6. The highest BCUT2D eigenvalue weighted by molar-refractivity contribution is 7.13. The lowest BCUT2D eigenvalue weighted by Crippen LogP contribution is -2.32. The van der Waals surface area contributed by atoms with Crippen molar-refractivity contribution in [3.63, 3.8) is 0 Å². The maximum atomic E-state index is 12.8. The maximum absolute atomic E-state index is 12.8. The molecule has 0 saturated carbocycles. The number of alkyl halides is 3. The highest BCUT2D eigenvalue weighted by atomic mass is 32.1. The summed E-state index contributed by atoms with van der Waals surface area (Å²) in [7, 11) is 3.44. The molecule has 0 spiro atoms. The van der Waals surface area contributed by atoms with Crippen molar-refractivity contribution in [2.24, 2.45) is 0 Å². The van der Waals surface area contributed by atoms with Crippen molar-refractivity contribution in [1.29, 1.82) is 0 Å². The van der Waals surface area contributed by atoms with E-state index in [2.05, 4.69) is 10.3 Å². The van der Waals surface area contributed by atoms with E-state index in [1.54, 1.807) is 25.5 Å². The number of benzene rings is 1. The Morgan fingerprint density at radius 3 is 2.78 bits per heavy atom. The molecule has 124 valence electrons. The standard InChI is InChI=1S/C15H16F3N3OS/c1-19-6-7-21(2)14(22)12-9-23-13(20-12)10-4-3-5-11(8-10)15(16,17)18/h3-5,8-9,19H,6-7H2,1-2H3. The van der Waals surface area contributed by atoms with Crippen LogP contribution in [0.25, 0.3) is 10.6 Å². The fraction of sp³-hybridized carbons (Fsp3) is 0.333. The average Bonchev–Trinajstić information content (AvgIpc) is 3.01. The van der Waals surface area contributed by atoms with Crippen LogP contribution in [0.5, 0.6) is 0 Å². The lowest BCUT2D eigenvalue weighted by atomic mass is 10.1. The van der Waals surface area contributed by atoms with Gasteiger partial charge >= 0.3 is 6.18 Å². The molecule has 1 heterocycles. The number of carbonyl (C=O) groups is 1. The highest BCUT2D eigenvalue weighted by Gasteiger charge is 2.30. The van der Waals surface area contributed by atoms with Gasteiger partial charge in [-0.25, -0.2) is 4.98 Å². The second-order valence-electron chi connectivity index (χ2n) is 4.95. The third-order valence-electron chi connectivity index (χ3n) is 3.20. The lowest BCUT2D eigenvalue weighted by Gasteiger charge is -2.15. The van der Waals surface area contributed by atoms with Gasteiger partial charge in [-0.15, -0.1) is 11.3 Å². The summed E-state index contributed by atoms with van der Waals surface area (Å²) in [4.78, 5) is 17.9. The molecule has 1 aromatic carbocycles. The predicted octanol–water partition coefficient (Wildman–Crippen LogP) is 3.12. The largest absolute Gasteiger partial charge is 0.416 e. The van der Waals surface area contributed by atoms with E-state index in [0.29, 0.717) is 23.7 Å². The summed E-state index contributed by atoms with van der Waals surface area (Å²) in [5.74, 6) is -0.255. The number of rotatable bonds is 5. The van der Waals surface area contributed by atoms with E-state index in [1.807, 2.05) is 0 Å². The van der Waals surface area contributed by atoms with Gasteiger partial charge in [-0.2, -0.15) is 13.2 Å². The molecule has 2 aromatic rings. The second-order valence-corrected chi connectivity index (χ2v) is 5.80. The van der Waals surface area contributed by atoms with Crippen molar-refractivity contribution in [3.8, 4) is 10.6 Å². The zero-order chi connectivity index (χ0) is 17.0. The fourth-order valence-electron chi connectivity index (χ4n) is 1.91. The van der Waals surface area contributed by atoms with Gasteiger partial charge in [0.1, 0.15) is 10.7 Å². The number of amides is 1. The Bertz CT molecular complexity index is 685. The number of nitrogens with one attached hydrogen (secondary N) is 1. The smallest absolute Gasteiger partial charge is 0.339 e. The molecule has 23 heavy (non-hydrogen) atoms. The SMILES string of the molecule is CNCCN(C)C(=O)c1csc(-c2cccc(C(F)(F)F)c2)n1. The van der Waals surface area contributed by atoms with Gasteiger partial charge in [-0.1, -0.05) is 12.1 Å². The molecule has 1 N–H and O–H groups in total. The van der Waals surface area contributed by atoms with Crippen molar-refractivity contribution in [2.75, 3.05) is 27.2 Å². The Morgan fingerprint density at radius 1 is 1.39 bits per heavy atom. The monoisotopic (exact) mass is 343 g/mol. The van der Waals surface area contributed by atoms with Gasteiger partial charge in [0.05, 0.1) is 5.56 Å². The van der Waals surface area contributed by atoms with E-state index in [0.717, 1.165) is 23.5 Å². The summed E-state index contributed by atoms with van der Waals surface area (Å²) < 4.78 is 38.3. The van der Waals surface area contributed by atoms with Gasteiger partial charge in [-0.3, -0.25) is 4.79 Å². The zero-order valence-corrected chi connectivity index (χ0v) is 13.5. The number of aromatic nitrogens is 1. The molecule has 0 aliphatic heterocycles. The third kappa shape index (κ3) is 4.29. The van der Waals surface area contributed by atoms with Crippen molar-refractivity contribution in [1.82, 2.24) is 15.2 Å². The molecular formula is C15H16F3N3OS. The number of thiazole rings is 1. The van der Waals surface area contributed by atoms with E-state index in [9.17, 15) is 18.0 Å². The Balaban J connectivity index is 2.21. The minimum absolute atomic E-state index is 0.237. The average molecular weight is 343 g/mol. The van der Waals surface area contributed by atoms with Gasteiger partial charge in [0, 0.05) is 31.1 Å². The van der Waals surface area contributed by atoms with Crippen LogP contribution in [0, 0.1) is 0 Å². The van der Waals surface area contributed by atoms with E-state index in [-0.39, 0.29) is 11.6 Å². The molecule has 4 nitrogen and oxygen atoms in total. The molecular weight excluding hydrogens is 327 g/mol. The Labute approximate surface area is 136 Å². The Kier molecular flexibility index (Phi) is 5.38. The number of likely N-dealkylation sites (N-methyl/N-ethyl adjacent to an activating group) is 2. The topological polar surface area (TPSA) is 45.2 Å². The molecule has 0 unspecified atom stereocenters. The maximum Gasteiger partial charge on any atom is 0.416 e. The van der Waals surface area contributed by atoms with Gasteiger partial charge in [0.15, 0.2) is 0 Å². The summed E-state index contributed by atoms with van der Waals surface area (Å²) >= 11 is 1.15. The first kappa shape index (κ1) is 17.4.